The predicted molar refractivity (Wildman–Crippen MR) is 76.3 cm³/mol. The van der Waals surface area contributed by atoms with Gasteiger partial charge in [0.2, 0.25) is 0 Å². The van der Waals surface area contributed by atoms with Crippen LogP contribution in [0.5, 0.6) is 0 Å². The Balaban J connectivity index is 2.02. The summed E-state index contributed by atoms with van der Waals surface area (Å²) in [6.07, 6.45) is -0.122. The zero-order valence-corrected chi connectivity index (χ0v) is 11.2. The number of hydrogen-bond acceptors (Lipinski definition) is 5. The number of nitrogens with zero attached hydrogens (tertiary/aromatic N) is 3. The van der Waals surface area contributed by atoms with Crippen LogP contribution in [0.4, 0.5) is 0 Å². The van der Waals surface area contributed by atoms with Gasteiger partial charge in [0, 0.05) is 12.6 Å². The summed E-state index contributed by atoms with van der Waals surface area (Å²) in [4.78, 5) is 0. The standard InChI is InChI=1S/C15H16N4O/c1-19-15(16-17-18-19)14-5-3-2-4-13(14)12-8-6-11(10-20)7-9-12/h2-9,15,20H,10H2,1H3,(H,16,18). The Morgan fingerprint density at radius 2 is 1.90 bits per heavy atom. The van der Waals surface area contributed by atoms with Crippen LogP contribution in [0.15, 0.2) is 58.9 Å². The average Bonchev–Trinajstić information content (AvgIpc) is 2.93. The highest BCUT2D eigenvalue weighted by Crippen LogP contribution is 2.32. The Labute approximate surface area is 117 Å². The van der Waals surface area contributed by atoms with E-state index in [9.17, 15) is 0 Å². The van der Waals surface area contributed by atoms with Crippen LogP contribution in [0, 0.1) is 0 Å². The number of aliphatic hydroxyl groups excluding tert-OH is 1. The van der Waals surface area contributed by atoms with Gasteiger partial charge < -0.3 is 5.11 Å². The van der Waals surface area contributed by atoms with Crippen molar-refractivity contribution in [1.82, 2.24) is 10.5 Å². The van der Waals surface area contributed by atoms with Gasteiger partial charge >= 0.3 is 0 Å². The maximum absolute atomic E-state index is 9.12. The highest BCUT2D eigenvalue weighted by Gasteiger charge is 2.23. The Hall–Kier alpha value is -2.24. The van der Waals surface area contributed by atoms with E-state index in [1.807, 2.05) is 48.5 Å². The molecule has 0 saturated carbocycles. The van der Waals surface area contributed by atoms with E-state index in [0.29, 0.717) is 0 Å². The largest absolute Gasteiger partial charge is 0.392 e. The summed E-state index contributed by atoms with van der Waals surface area (Å²) >= 11 is 0. The normalized spacial score (nSPS) is 18.2. The third kappa shape index (κ3) is 2.29. The van der Waals surface area contributed by atoms with Crippen LogP contribution in [0.3, 0.4) is 0 Å². The first kappa shape index (κ1) is 12.8. The number of hydrogen-bond donors (Lipinski definition) is 2. The van der Waals surface area contributed by atoms with Gasteiger partial charge in [-0.05, 0) is 16.7 Å². The fourth-order valence-electron chi connectivity index (χ4n) is 2.33. The third-order valence-electron chi connectivity index (χ3n) is 3.42. The van der Waals surface area contributed by atoms with Crippen molar-refractivity contribution in [2.45, 2.75) is 12.8 Å². The summed E-state index contributed by atoms with van der Waals surface area (Å²) in [5.74, 6) is 0. The minimum absolute atomic E-state index is 0.0609. The number of hydrazine groups is 1. The first-order valence-corrected chi connectivity index (χ1v) is 6.47. The van der Waals surface area contributed by atoms with Crippen LogP contribution in [0.2, 0.25) is 0 Å². The average molecular weight is 268 g/mol. The van der Waals surface area contributed by atoms with Crippen molar-refractivity contribution in [2.24, 2.45) is 10.3 Å². The number of nitrogens with one attached hydrogen (secondary N) is 1. The summed E-state index contributed by atoms with van der Waals surface area (Å²) in [7, 11) is 1.91. The lowest BCUT2D eigenvalue weighted by Gasteiger charge is -2.18. The van der Waals surface area contributed by atoms with Gasteiger partial charge in [0.1, 0.15) is 0 Å². The summed E-state index contributed by atoms with van der Waals surface area (Å²) in [6, 6.07) is 16.1. The fourth-order valence-corrected chi connectivity index (χ4v) is 2.33. The van der Waals surface area contributed by atoms with E-state index in [1.165, 1.54) is 0 Å². The lowest BCUT2D eigenvalue weighted by molar-refractivity contribution is 0.223. The van der Waals surface area contributed by atoms with Crippen LogP contribution < -0.4 is 5.53 Å². The fraction of sp³-hybridized carbons (Fsp3) is 0.200. The molecule has 0 aliphatic carbocycles. The number of benzene rings is 2. The van der Waals surface area contributed by atoms with E-state index in [1.54, 1.807) is 0 Å². The molecule has 2 aromatic carbocycles. The second kappa shape index (κ2) is 5.40. The molecule has 5 heteroatoms. The Morgan fingerprint density at radius 3 is 2.55 bits per heavy atom. The molecule has 20 heavy (non-hydrogen) atoms. The second-order valence-electron chi connectivity index (χ2n) is 4.74. The van der Waals surface area contributed by atoms with Crippen molar-refractivity contribution in [3.63, 3.8) is 0 Å². The van der Waals surface area contributed by atoms with Crippen LogP contribution in [-0.4, -0.2) is 17.2 Å². The molecule has 1 aliphatic rings. The molecule has 0 aromatic heterocycles. The smallest absolute Gasteiger partial charge is 0.169 e. The van der Waals surface area contributed by atoms with Crippen LogP contribution >= 0.6 is 0 Å². The molecule has 102 valence electrons. The van der Waals surface area contributed by atoms with Crippen LogP contribution in [-0.2, 0) is 6.61 Å². The molecule has 1 unspecified atom stereocenters. The van der Waals surface area contributed by atoms with Crippen molar-refractivity contribution in [2.75, 3.05) is 7.05 Å². The maximum Gasteiger partial charge on any atom is 0.169 e. The van der Waals surface area contributed by atoms with Gasteiger partial charge in [0.25, 0.3) is 0 Å². The Kier molecular flexibility index (Phi) is 3.45. The van der Waals surface area contributed by atoms with Crippen LogP contribution in [0.25, 0.3) is 11.1 Å². The molecule has 2 N–H and O–H groups in total. The molecule has 0 amide bonds. The van der Waals surface area contributed by atoms with Gasteiger partial charge in [-0.3, -0.25) is 0 Å². The highest BCUT2D eigenvalue weighted by atomic mass is 16.3. The van der Waals surface area contributed by atoms with Crippen molar-refractivity contribution >= 4 is 0 Å². The third-order valence-corrected chi connectivity index (χ3v) is 3.42. The molecule has 1 heterocycles. The molecule has 0 fully saturated rings. The van der Waals surface area contributed by atoms with Crippen molar-refractivity contribution in [3.8, 4) is 11.1 Å². The van der Waals surface area contributed by atoms with Gasteiger partial charge in [-0.1, -0.05) is 53.8 Å². The van der Waals surface area contributed by atoms with Gasteiger partial charge in [0.05, 0.1) is 6.61 Å². The maximum atomic E-state index is 9.12. The second-order valence-corrected chi connectivity index (χ2v) is 4.74. The zero-order chi connectivity index (χ0) is 13.9. The van der Waals surface area contributed by atoms with Crippen LogP contribution in [0.1, 0.15) is 17.3 Å². The monoisotopic (exact) mass is 268 g/mol. The Bertz CT molecular complexity index is 624. The molecule has 0 saturated heterocycles. The van der Waals surface area contributed by atoms with Gasteiger partial charge in [-0.2, -0.15) is 5.01 Å². The van der Waals surface area contributed by atoms with E-state index < -0.39 is 0 Å². The SMILES string of the molecule is CN1NN=NC1c1ccccc1-c1ccc(CO)cc1. The van der Waals surface area contributed by atoms with Crippen molar-refractivity contribution in [1.29, 1.82) is 0 Å². The molecule has 3 rings (SSSR count). The number of rotatable bonds is 3. The summed E-state index contributed by atoms with van der Waals surface area (Å²) in [5.41, 5.74) is 7.06. The summed E-state index contributed by atoms with van der Waals surface area (Å²) < 4.78 is 0. The van der Waals surface area contributed by atoms with Gasteiger partial charge in [0.15, 0.2) is 6.17 Å². The van der Waals surface area contributed by atoms with E-state index >= 15 is 0 Å². The minimum Gasteiger partial charge on any atom is -0.392 e. The molecular formula is C15H16N4O. The highest BCUT2D eigenvalue weighted by molar-refractivity contribution is 5.68. The quantitative estimate of drug-likeness (QED) is 0.899. The zero-order valence-electron chi connectivity index (χ0n) is 11.2. The first-order valence-electron chi connectivity index (χ1n) is 6.47. The molecular weight excluding hydrogens is 252 g/mol. The topological polar surface area (TPSA) is 60.2 Å². The molecule has 1 atom stereocenters. The molecule has 5 nitrogen and oxygen atoms in total. The van der Waals surface area contributed by atoms with Crippen molar-refractivity contribution in [3.05, 3.63) is 59.7 Å². The molecule has 1 aliphatic heterocycles. The predicted octanol–water partition coefficient (Wildman–Crippen LogP) is 2.66. The van der Waals surface area contributed by atoms with E-state index in [2.05, 4.69) is 28.0 Å². The molecule has 0 spiro atoms. The summed E-state index contributed by atoms with van der Waals surface area (Å²) in [5, 5.41) is 19.0. The van der Waals surface area contributed by atoms with Gasteiger partial charge in [-0.15, -0.1) is 5.11 Å². The summed E-state index contributed by atoms with van der Waals surface area (Å²) in [6.45, 7) is 0.0609. The van der Waals surface area contributed by atoms with E-state index in [-0.39, 0.29) is 12.8 Å². The van der Waals surface area contributed by atoms with Crippen molar-refractivity contribution < 1.29 is 5.11 Å². The lowest BCUT2D eigenvalue weighted by Crippen LogP contribution is -2.27. The Morgan fingerprint density at radius 1 is 1.15 bits per heavy atom. The van der Waals surface area contributed by atoms with E-state index in [4.69, 9.17) is 5.11 Å². The number of aliphatic hydroxyl groups is 1. The van der Waals surface area contributed by atoms with E-state index in [0.717, 1.165) is 22.3 Å². The molecule has 0 bridgehead atoms. The first-order chi connectivity index (χ1) is 9.79. The lowest BCUT2D eigenvalue weighted by atomic mass is 9.97. The minimum atomic E-state index is -0.122. The van der Waals surface area contributed by atoms with Gasteiger partial charge in [-0.25, -0.2) is 5.53 Å². The molecule has 2 aromatic rings. The molecule has 0 radical (unpaired) electrons.